The second-order valence-electron chi connectivity index (χ2n) is 5.69. The Morgan fingerprint density at radius 3 is 1.74 bits per heavy atom. The van der Waals surface area contributed by atoms with Crippen molar-refractivity contribution in [3.8, 4) is 0 Å². The van der Waals surface area contributed by atoms with Gasteiger partial charge in [-0.15, -0.1) is 0 Å². The SMILES string of the molecule is CCC[CH2][Sn]([CH2]CCC)([CH2]CCC)[c]1sccc1Cl. The molecule has 1 rings (SSSR count). The van der Waals surface area contributed by atoms with Gasteiger partial charge in [0.25, 0.3) is 0 Å². The van der Waals surface area contributed by atoms with E-state index in [1.54, 1.807) is 2.89 Å². The summed E-state index contributed by atoms with van der Waals surface area (Å²) in [7, 11) is 0. The van der Waals surface area contributed by atoms with Crippen LogP contribution >= 0.6 is 22.9 Å². The first-order chi connectivity index (χ1) is 9.20. The maximum absolute atomic E-state index is 6.52. The number of hydrogen-bond acceptors (Lipinski definition) is 1. The predicted octanol–water partition coefficient (Wildman–Crippen LogP) is 6.46. The molecule has 0 saturated heterocycles. The van der Waals surface area contributed by atoms with Crippen LogP contribution in [0.5, 0.6) is 0 Å². The fourth-order valence-electron chi connectivity index (χ4n) is 2.93. The second-order valence-corrected chi connectivity index (χ2v) is 21.1. The van der Waals surface area contributed by atoms with Gasteiger partial charge >= 0.3 is 133 Å². The van der Waals surface area contributed by atoms with Gasteiger partial charge in [-0.3, -0.25) is 0 Å². The molecule has 0 saturated carbocycles. The van der Waals surface area contributed by atoms with Gasteiger partial charge in [0.2, 0.25) is 0 Å². The zero-order valence-corrected chi connectivity index (χ0v) is 17.2. The molecule has 0 aliphatic heterocycles. The molecule has 0 unspecified atom stereocenters. The van der Waals surface area contributed by atoms with Crippen LogP contribution in [0.3, 0.4) is 0 Å². The predicted molar refractivity (Wildman–Crippen MR) is 93.9 cm³/mol. The monoisotopic (exact) mass is 408 g/mol. The molecule has 0 aliphatic carbocycles. The molecule has 0 N–H and O–H groups in total. The van der Waals surface area contributed by atoms with Crippen molar-refractivity contribution in [2.75, 3.05) is 0 Å². The normalized spacial score (nSPS) is 12.0. The van der Waals surface area contributed by atoms with E-state index in [4.69, 9.17) is 11.6 Å². The average Bonchev–Trinajstić information content (AvgIpc) is 2.85. The molecular weight excluding hydrogens is 378 g/mol. The van der Waals surface area contributed by atoms with Gasteiger partial charge in [0.1, 0.15) is 0 Å². The van der Waals surface area contributed by atoms with Gasteiger partial charge in [-0.1, -0.05) is 0 Å². The van der Waals surface area contributed by atoms with Crippen molar-refractivity contribution in [1.82, 2.24) is 0 Å². The molecule has 0 nitrogen and oxygen atoms in total. The molecule has 0 aromatic carbocycles. The van der Waals surface area contributed by atoms with Crippen LogP contribution < -0.4 is 2.89 Å². The number of hydrogen-bond donors (Lipinski definition) is 0. The van der Waals surface area contributed by atoms with Gasteiger partial charge in [0.15, 0.2) is 0 Å². The van der Waals surface area contributed by atoms with Crippen LogP contribution in [-0.2, 0) is 0 Å². The fourth-order valence-corrected chi connectivity index (χ4v) is 24.7. The molecule has 19 heavy (non-hydrogen) atoms. The summed E-state index contributed by atoms with van der Waals surface area (Å²) < 4.78 is 6.23. The van der Waals surface area contributed by atoms with Crippen molar-refractivity contribution in [2.24, 2.45) is 0 Å². The first-order valence-corrected chi connectivity index (χ1v) is 16.7. The van der Waals surface area contributed by atoms with Gasteiger partial charge < -0.3 is 0 Å². The molecular formula is C16H29ClSSn. The van der Waals surface area contributed by atoms with Crippen molar-refractivity contribution in [1.29, 1.82) is 0 Å². The summed E-state index contributed by atoms with van der Waals surface area (Å²) in [6.45, 7) is 6.98. The summed E-state index contributed by atoms with van der Waals surface area (Å²) in [4.78, 5) is 0. The fraction of sp³-hybridized carbons (Fsp3) is 0.750. The van der Waals surface area contributed by atoms with Gasteiger partial charge in [-0.2, -0.15) is 0 Å². The van der Waals surface area contributed by atoms with Crippen molar-refractivity contribution >= 4 is 44.2 Å². The van der Waals surface area contributed by atoms with Gasteiger partial charge in [0, 0.05) is 0 Å². The van der Waals surface area contributed by atoms with E-state index >= 15 is 0 Å². The summed E-state index contributed by atoms with van der Waals surface area (Å²) in [6, 6.07) is 2.14. The first kappa shape index (κ1) is 17.8. The summed E-state index contributed by atoms with van der Waals surface area (Å²) in [6.07, 6.45) is 8.24. The quantitative estimate of drug-likeness (QED) is 0.391. The minimum atomic E-state index is -2.21. The molecule has 3 heteroatoms. The van der Waals surface area contributed by atoms with E-state index in [9.17, 15) is 0 Å². The third kappa shape index (κ3) is 5.24. The molecule has 0 atom stereocenters. The maximum atomic E-state index is 6.52. The van der Waals surface area contributed by atoms with E-state index in [1.165, 1.54) is 51.8 Å². The molecule has 0 amide bonds. The van der Waals surface area contributed by atoms with Crippen molar-refractivity contribution < 1.29 is 0 Å². The number of halogens is 1. The van der Waals surface area contributed by atoms with Crippen LogP contribution in [0, 0.1) is 0 Å². The van der Waals surface area contributed by atoms with E-state index in [2.05, 4.69) is 32.2 Å². The molecule has 1 aromatic rings. The third-order valence-corrected chi connectivity index (χ3v) is 24.4. The summed E-state index contributed by atoms with van der Waals surface area (Å²) in [5.74, 6) is 0. The van der Waals surface area contributed by atoms with E-state index in [0.29, 0.717) is 0 Å². The second kappa shape index (κ2) is 9.68. The van der Waals surface area contributed by atoms with Crippen LogP contribution in [0.1, 0.15) is 59.3 Å². The average molecular weight is 408 g/mol. The molecule has 0 radical (unpaired) electrons. The van der Waals surface area contributed by atoms with Crippen molar-refractivity contribution in [3.05, 3.63) is 16.5 Å². The van der Waals surface area contributed by atoms with E-state index in [1.807, 2.05) is 11.3 Å². The zero-order valence-electron chi connectivity index (χ0n) is 12.8. The van der Waals surface area contributed by atoms with Crippen molar-refractivity contribution in [3.63, 3.8) is 0 Å². The minimum absolute atomic E-state index is 1.10. The molecule has 0 spiro atoms. The molecule has 0 fully saturated rings. The number of unbranched alkanes of at least 4 members (excludes halogenated alkanes) is 3. The Labute approximate surface area is 132 Å². The van der Waals surface area contributed by atoms with Crippen LogP contribution in [0.15, 0.2) is 11.4 Å². The molecule has 1 heterocycles. The molecule has 0 aliphatic rings. The van der Waals surface area contributed by atoms with Crippen LogP contribution in [-0.4, -0.2) is 18.4 Å². The number of rotatable bonds is 10. The van der Waals surface area contributed by atoms with Crippen LogP contribution in [0.4, 0.5) is 0 Å². The Kier molecular flexibility index (Phi) is 9.08. The standard InChI is InChI=1S/C4H2ClS.3C4H9.Sn/c5-4-1-2-6-3-4;3*1-3-4-2;/h1-2H;3*1,3-4H2,2H3;. The number of thiophene rings is 1. The summed E-state index contributed by atoms with van der Waals surface area (Å²) >= 11 is 6.28. The van der Waals surface area contributed by atoms with Crippen LogP contribution in [0.25, 0.3) is 0 Å². The van der Waals surface area contributed by atoms with E-state index < -0.39 is 18.4 Å². The summed E-state index contributed by atoms with van der Waals surface area (Å²) in [5.41, 5.74) is 0. The van der Waals surface area contributed by atoms with Gasteiger partial charge in [-0.25, -0.2) is 0 Å². The van der Waals surface area contributed by atoms with Crippen LogP contribution in [0.2, 0.25) is 18.3 Å². The topological polar surface area (TPSA) is 0 Å². The summed E-state index contributed by atoms with van der Waals surface area (Å²) in [5, 5.41) is 3.32. The van der Waals surface area contributed by atoms with Gasteiger partial charge in [-0.05, 0) is 0 Å². The Hall–Kier alpha value is 0.789. The van der Waals surface area contributed by atoms with Gasteiger partial charge in [0.05, 0.1) is 0 Å². The van der Waals surface area contributed by atoms with Crippen molar-refractivity contribution in [2.45, 2.75) is 72.6 Å². The van der Waals surface area contributed by atoms with E-state index in [0.717, 1.165) is 5.02 Å². The molecule has 0 bridgehead atoms. The van der Waals surface area contributed by atoms with E-state index in [-0.39, 0.29) is 0 Å². The Morgan fingerprint density at radius 1 is 0.947 bits per heavy atom. The zero-order chi connectivity index (χ0) is 14.1. The molecule has 110 valence electrons. The molecule has 1 aromatic heterocycles. The third-order valence-electron chi connectivity index (χ3n) is 4.13. The Bertz CT molecular complexity index is 326. The first-order valence-electron chi connectivity index (χ1n) is 7.93. The Morgan fingerprint density at radius 2 is 1.42 bits per heavy atom. The Balaban J connectivity index is 2.97.